The fraction of sp³-hybridized carbons (Fsp3) is 0.0800. The molecule has 0 fully saturated rings. The third-order valence-corrected chi connectivity index (χ3v) is 12.9. The molecule has 2 aliphatic heterocycles. The van der Waals surface area contributed by atoms with Crippen LogP contribution in [0.2, 0.25) is 0 Å². The summed E-state index contributed by atoms with van der Waals surface area (Å²) in [6, 6.07) is 55.5. The van der Waals surface area contributed by atoms with Crippen LogP contribution in [-0.4, -0.2) is 14.8 Å². The molecule has 3 nitrogen and oxygen atoms in total. The Morgan fingerprint density at radius 3 is 1.20 bits per heavy atom. The third-order valence-electron chi connectivity index (χ3n) is 10.6. The molecule has 10 rings (SSSR count). The maximum Gasteiger partial charge on any atom is 0.179 e. The normalized spacial score (nSPS) is 14.4. The summed E-state index contributed by atoms with van der Waals surface area (Å²) in [6.07, 6.45) is 0.970. The van der Waals surface area contributed by atoms with E-state index in [2.05, 4.69) is 88.9 Å². The molecule has 2 N–H and O–H groups in total. The summed E-state index contributed by atoms with van der Waals surface area (Å²) in [5.74, 6) is 13.3. The summed E-state index contributed by atoms with van der Waals surface area (Å²) in [5, 5.41) is 26.6. The first-order valence-electron chi connectivity index (χ1n) is 18.3. The summed E-state index contributed by atoms with van der Waals surface area (Å²) < 4.78 is 2.31. The van der Waals surface area contributed by atoms with Gasteiger partial charge in [0.05, 0.1) is 11.0 Å². The Labute approximate surface area is 328 Å². The highest BCUT2D eigenvalue weighted by atomic mass is 32.2. The monoisotopic (exact) mass is 743 g/mol. The molecule has 0 spiro atoms. The summed E-state index contributed by atoms with van der Waals surface area (Å²) in [4.78, 5) is 4.09. The topological polar surface area (TPSA) is 45.4 Å². The zero-order valence-electron chi connectivity index (χ0n) is 29.7. The highest BCUT2D eigenvalue weighted by molar-refractivity contribution is 7.99. The van der Waals surface area contributed by atoms with Crippen molar-refractivity contribution in [3.05, 3.63) is 197 Å². The van der Waals surface area contributed by atoms with E-state index in [1.807, 2.05) is 103 Å². The highest BCUT2D eigenvalue weighted by Gasteiger charge is 2.39. The fourth-order valence-electron chi connectivity index (χ4n) is 7.96. The van der Waals surface area contributed by atoms with Crippen molar-refractivity contribution >= 4 is 45.3 Å². The van der Waals surface area contributed by atoms with Gasteiger partial charge in [0, 0.05) is 71.1 Å². The second-order valence-corrected chi connectivity index (χ2v) is 16.1. The van der Waals surface area contributed by atoms with Crippen LogP contribution in [0.1, 0.15) is 33.4 Å². The molecule has 0 unspecified atom stereocenters. The van der Waals surface area contributed by atoms with Gasteiger partial charge in [0.15, 0.2) is 11.2 Å². The van der Waals surface area contributed by atoms with Gasteiger partial charge < -0.3 is 14.8 Å². The van der Waals surface area contributed by atoms with E-state index < -0.39 is 11.2 Å². The number of rotatable bonds is 3. The molecule has 0 amide bonds. The predicted octanol–water partition coefficient (Wildman–Crippen LogP) is 10.7. The van der Waals surface area contributed by atoms with Crippen molar-refractivity contribution in [3.8, 4) is 29.4 Å². The molecular formula is C50H33NO2S2. The minimum atomic E-state index is -1.39. The van der Waals surface area contributed by atoms with Crippen LogP contribution in [0.5, 0.6) is 0 Å². The molecular weight excluding hydrogens is 711 g/mol. The van der Waals surface area contributed by atoms with Crippen molar-refractivity contribution < 1.29 is 10.2 Å². The Bertz CT molecular complexity index is 2670. The molecule has 2 aliphatic rings. The SMILES string of the molecule is OC1(C#CCc2ccc3c(c2)c2cc(CC#CC4(O)c5ccccc5Sc5ccccc54)ccc2n3-c2ccccc2)c2ccccc2Sc2ccccc21. The molecule has 262 valence electrons. The third kappa shape index (κ3) is 5.68. The Hall–Kier alpha value is -5.92. The van der Waals surface area contributed by atoms with Crippen LogP contribution in [0.4, 0.5) is 0 Å². The van der Waals surface area contributed by atoms with Gasteiger partial charge in [0.2, 0.25) is 0 Å². The van der Waals surface area contributed by atoms with Crippen LogP contribution in [0.15, 0.2) is 183 Å². The first-order chi connectivity index (χ1) is 27.0. The zero-order chi connectivity index (χ0) is 37.0. The van der Waals surface area contributed by atoms with E-state index in [1.54, 1.807) is 23.5 Å². The van der Waals surface area contributed by atoms with Gasteiger partial charge in [0.1, 0.15) is 0 Å². The lowest BCUT2D eigenvalue weighted by atomic mass is 9.86. The van der Waals surface area contributed by atoms with Crippen molar-refractivity contribution in [1.82, 2.24) is 4.57 Å². The number of nitrogens with zero attached hydrogens (tertiary/aromatic N) is 1. The van der Waals surface area contributed by atoms with Crippen molar-refractivity contribution in [2.45, 2.75) is 43.6 Å². The van der Waals surface area contributed by atoms with E-state index in [4.69, 9.17) is 0 Å². The molecule has 0 atom stereocenters. The number of aliphatic hydroxyl groups is 2. The van der Waals surface area contributed by atoms with Gasteiger partial charge in [0.25, 0.3) is 0 Å². The Morgan fingerprint density at radius 2 is 0.800 bits per heavy atom. The molecule has 7 aromatic carbocycles. The van der Waals surface area contributed by atoms with E-state index in [9.17, 15) is 10.2 Å². The Kier molecular flexibility index (Phi) is 8.21. The van der Waals surface area contributed by atoms with E-state index in [1.165, 1.54) is 0 Å². The minimum absolute atomic E-state index is 0.485. The number of benzene rings is 7. The molecule has 0 saturated heterocycles. The number of fused-ring (bicyclic) bond motifs is 7. The number of aromatic nitrogens is 1. The first kappa shape index (κ1) is 33.6. The second kappa shape index (κ2) is 13.4. The molecule has 0 radical (unpaired) electrons. The maximum absolute atomic E-state index is 12.2. The largest absolute Gasteiger partial charge is 0.369 e. The van der Waals surface area contributed by atoms with Crippen molar-refractivity contribution in [3.63, 3.8) is 0 Å². The highest BCUT2D eigenvalue weighted by Crippen LogP contribution is 2.49. The standard InChI is InChI=1S/C50H33NO2S2/c52-49(39-18-4-8-22-45(39)54-46-23-9-5-19-40(46)49)30-12-14-34-26-28-43-37(32-34)38-33-35(27-29-44(38)51(43)36-16-2-1-3-17-36)15-13-31-50(53)41-20-6-10-24-47(41)55-48-25-11-7-21-42(48)50/h1-11,16-29,32-33,52-53H,14-15H2. The van der Waals surface area contributed by atoms with Crippen LogP contribution in [0, 0.1) is 23.7 Å². The van der Waals surface area contributed by atoms with E-state index >= 15 is 0 Å². The molecule has 0 bridgehead atoms. The lowest BCUT2D eigenvalue weighted by molar-refractivity contribution is 0.137. The average molecular weight is 744 g/mol. The second-order valence-electron chi connectivity index (χ2n) is 13.9. The number of para-hydroxylation sites is 1. The van der Waals surface area contributed by atoms with Crippen LogP contribution in [0.3, 0.4) is 0 Å². The van der Waals surface area contributed by atoms with Crippen molar-refractivity contribution in [2.75, 3.05) is 0 Å². The van der Waals surface area contributed by atoms with Gasteiger partial charge in [-0.25, -0.2) is 0 Å². The van der Waals surface area contributed by atoms with E-state index in [-0.39, 0.29) is 0 Å². The first-order valence-corrected chi connectivity index (χ1v) is 19.9. The van der Waals surface area contributed by atoms with Crippen LogP contribution in [0.25, 0.3) is 27.5 Å². The van der Waals surface area contributed by atoms with E-state index in [0.29, 0.717) is 12.8 Å². The number of hydrogen-bond acceptors (Lipinski definition) is 4. The zero-order valence-corrected chi connectivity index (χ0v) is 31.3. The van der Waals surface area contributed by atoms with Crippen LogP contribution >= 0.6 is 23.5 Å². The average Bonchev–Trinajstić information content (AvgIpc) is 3.54. The summed E-state index contributed by atoms with van der Waals surface area (Å²) in [6.45, 7) is 0. The lowest BCUT2D eigenvalue weighted by Gasteiger charge is -2.31. The van der Waals surface area contributed by atoms with Gasteiger partial charge in [-0.3, -0.25) is 0 Å². The van der Waals surface area contributed by atoms with Gasteiger partial charge in [-0.2, -0.15) is 0 Å². The molecule has 55 heavy (non-hydrogen) atoms. The Balaban J connectivity index is 1.03. The van der Waals surface area contributed by atoms with E-state index in [0.717, 1.165) is 80.5 Å². The molecule has 3 heterocycles. The quantitative estimate of drug-likeness (QED) is 0.177. The molecule has 0 aliphatic carbocycles. The molecule has 5 heteroatoms. The van der Waals surface area contributed by atoms with Gasteiger partial charge >= 0.3 is 0 Å². The van der Waals surface area contributed by atoms with Gasteiger partial charge in [-0.1, -0.05) is 150 Å². The van der Waals surface area contributed by atoms with Crippen molar-refractivity contribution in [2.24, 2.45) is 0 Å². The summed E-state index contributed by atoms with van der Waals surface area (Å²) >= 11 is 3.35. The minimum Gasteiger partial charge on any atom is -0.369 e. The summed E-state index contributed by atoms with van der Waals surface area (Å²) in [5.41, 5.74) is 5.96. The molecule has 8 aromatic rings. The maximum atomic E-state index is 12.2. The van der Waals surface area contributed by atoms with Gasteiger partial charge in [-0.15, -0.1) is 0 Å². The smallest absolute Gasteiger partial charge is 0.179 e. The van der Waals surface area contributed by atoms with Crippen LogP contribution in [-0.2, 0) is 24.0 Å². The fourth-order valence-corrected chi connectivity index (χ4v) is 10.3. The predicted molar refractivity (Wildman–Crippen MR) is 224 cm³/mol. The van der Waals surface area contributed by atoms with Crippen molar-refractivity contribution in [1.29, 1.82) is 0 Å². The molecule has 0 saturated carbocycles. The Morgan fingerprint density at radius 1 is 0.436 bits per heavy atom. The van der Waals surface area contributed by atoms with Gasteiger partial charge in [-0.05, 0) is 71.8 Å². The number of hydrogen-bond donors (Lipinski definition) is 2. The molecule has 1 aromatic heterocycles. The summed E-state index contributed by atoms with van der Waals surface area (Å²) in [7, 11) is 0. The lowest BCUT2D eigenvalue weighted by Crippen LogP contribution is -2.29. The van der Waals surface area contributed by atoms with Crippen LogP contribution < -0.4 is 0 Å².